The Balaban J connectivity index is 1.33. The van der Waals surface area contributed by atoms with E-state index < -0.39 is 41.4 Å². The van der Waals surface area contributed by atoms with Gasteiger partial charge in [-0.25, -0.2) is 4.79 Å². The van der Waals surface area contributed by atoms with E-state index >= 15 is 0 Å². The van der Waals surface area contributed by atoms with Crippen LogP contribution in [-0.2, 0) is 19.1 Å². The average molecular weight is 466 g/mol. The minimum absolute atomic E-state index is 0.0412. The molecule has 34 heavy (non-hydrogen) atoms. The molecule has 1 aliphatic heterocycles. The Morgan fingerprint density at radius 1 is 1.06 bits per heavy atom. The molecule has 2 unspecified atom stereocenters. The highest BCUT2D eigenvalue weighted by molar-refractivity contribution is 5.94. The molecule has 1 saturated heterocycles. The van der Waals surface area contributed by atoms with Crippen molar-refractivity contribution in [3.05, 3.63) is 59.7 Å². The fourth-order valence-electron chi connectivity index (χ4n) is 4.60. The Hall–Kier alpha value is -3.88. The SMILES string of the molecule is CC(C)(CC(=O)NC1C(=O)NCC1C(=O)O)NC(=O)OCC1c2ccccc2-c2ccccc21. The molecule has 178 valence electrons. The largest absolute Gasteiger partial charge is 0.481 e. The first-order valence-electron chi connectivity index (χ1n) is 11.1. The number of carbonyl (C=O) groups excluding carboxylic acids is 3. The number of hydrogen-bond acceptors (Lipinski definition) is 5. The molecule has 9 heteroatoms. The van der Waals surface area contributed by atoms with Crippen LogP contribution < -0.4 is 16.0 Å². The minimum atomic E-state index is -1.17. The van der Waals surface area contributed by atoms with Crippen LogP contribution in [0.15, 0.2) is 48.5 Å². The second-order valence-corrected chi connectivity index (χ2v) is 9.25. The van der Waals surface area contributed by atoms with Gasteiger partial charge in [0.1, 0.15) is 18.6 Å². The third-order valence-corrected chi connectivity index (χ3v) is 6.20. The molecule has 1 fully saturated rings. The molecule has 2 atom stereocenters. The summed E-state index contributed by atoms with van der Waals surface area (Å²) >= 11 is 0. The van der Waals surface area contributed by atoms with Crippen LogP contribution in [0.4, 0.5) is 4.79 Å². The Labute approximate surface area is 196 Å². The third-order valence-electron chi connectivity index (χ3n) is 6.20. The monoisotopic (exact) mass is 465 g/mol. The first kappa shape index (κ1) is 23.3. The number of aliphatic carboxylic acids is 1. The van der Waals surface area contributed by atoms with E-state index in [1.165, 1.54) is 0 Å². The summed E-state index contributed by atoms with van der Waals surface area (Å²) in [5.41, 5.74) is 3.45. The standard InChI is InChI=1S/C25H27N3O6/c1-25(2,11-20(29)27-21-18(23(31)32)12-26-22(21)30)28-24(33)34-13-19-16-9-5-3-7-14(16)15-8-4-6-10-17(15)19/h3-10,18-19,21H,11-13H2,1-2H3,(H,26,30)(H,27,29)(H,28,33)(H,31,32). The van der Waals surface area contributed by atoms with Crippen molar-refractivity contribution < 1.29 is 29.0 Å². The van der Waals surface area contributed by atoms with Crippen molar-refractivity contribution in [3.63, 3.8) is 0 Å². The minimum Gasteiger partial charge on any atom is -0.481 e. The lowest BCUT2D eigenvalue weighted by Crippen LogP contribution is -2.51. The maximum Gasteiger partial charge on any atom is 0.407 e. The van der Waals surface area contributed by atoms with Crippen LogP contribution in [0.25, 0.3) is 11.1 Å². The maximum atomic E-state index is 12.6. The molecule has 0 spiro atoms. The highest BCUT2D eigenvalue weighted by Crippen LogP contribution is 2.44. The van der Waals surface area contributed by atoms with E-state index in [0.717, 1.165) is 22.3 Å². The van der Waals surface area contributed by atoms with Crippen molar-refractivity contribution in [1.82, 2.24) is 16.0 Å². The fraction of sp³-hybridized carbons (Fsp3) is 0.360. The van der Waals surface area contributed by atoms with Gasteiger partial charge in [-0.2, -0.15) is 0 Å². The van der Waals surface area contributed by atoms with Gasteiger partial charge in [0.15, 0.2) is 0 Å². The Bertz CT molecular complexity index is 1100. The van der Waals surface area contributed by atoms with Crippen molar-refractivity contribution in [2.24, 2.45) is 5.92 Å². The molecule has 0 saturated carbocycles. The number of fused-ring (bicyclic) bond motifs is 3. The van der Waals surface area contributed by atoms with Gasteiger partial charge in [0.05, 0.1) is 0 Å². The molecule has 9 nitrogen and oxygen atoms in total. The van der Waals surface area contributed by atoms with Crippen molar-refractivity contribution in [2.45, 2.75) is 37.8 Å². The van der Waals surface area contributed by atoms with Gasteiger partial charge in [-0.1, -0.05) is 48.5 Å². The fourth-order valence-corrected chi connectivity index (χ4v) is 4.60. The van der Waals surface area contributed by atoms with E-state index in [-0.39, 0.29) is 25.5 Å². The molecule has 1 heterocycles. The van der Waals surface area contributed by atoms with E-state index in [4.69, 9.17) is 4.74 Å². The second-order valence-electron chi connectivity index (χ2n) is 9.25. The maximum absolute atomic E-state index is 12.6. The number of carboxylic acid groups (broad SMARTS) is 1. The molecular formula is C25H27N3O6. The van der Waals surface area contributed by atoms with Crippen molar-refractivity contribution in [3.8, 4) is 11.1 Å². The van der Waals surface area contributed by atoms with Crippen LogP contribution in [0.1, 0.15) is 37.3 Å². The highest BCUT2D eigenvalue weighted by Gasteiger charge is 2.41. The van der Waals surface area contributed by atoms with Crippen LogP contribution >= 0.6 is 0 Å². The van der Waals surface area contributed by atoms with Crippen molar-refractivity contribution in [1.29, 1.82) is 0 Å². The lowest BCUT2D eigenvalue weighted by Gasteiger charge is -2.26. The molecule has 0 aromatic heterocycles. The number of hydrogen-bond donors (Lipinski definition) is 4. The van der Waals surface area contributed by atoms with Crippen LogP contribution in [0, 0.1) is 5.92 Å². The van der Waals surface area contributed by atoms with Gasteiger partial charge in [-0.05, 0) is 36.1 Å². The zero-order valence-corrected chi connectivity index (χ0v) is 19.0. The number of alkyl carbamates (subject to hydrolysis) is 1. The smallest absolute Gasteiger partial charge is 0.407 e. The summed E-state index contributed by atoms with van der Waals surface area (Å²) in [7, 11) is 0. The van der Waals surface area contributed by atoms with E-state index in [2.05, 4.69) is 28.1 Å². The Morgan fingerprint density at radius 3 is 2.24 bits per heavy atom. The number of nitrogens with one attached hydrogen (secondary N) is 3. The first-order valence-corrected chi connectivity index (χ1v) is 11.1. The van der Waals surface area contributed by atoms with Gasteiger partial charge in [0.25, 0.3) is 0 Å². The van der Waals surface area contributed by atoms with E-state index in [9.17, 15) is 24.3 Å². The number of rotatable bonds is 7. The molecule has 4 rings (SSSR count). The summed E-state index contributed by atoms with van der Waals surface area (Å²) in [4.78, 5) is 48.2. The van der Waals surface area contributed by atoms with Crippen LogP contribution in [0.3, 0.4) is 0 Å². The summed E-state index contributed by atoms with van der Waals surface area (Å²) in [5, 5.41) is 16.8. The van der Waals surface area contributed by atoms with E-state index in [1.54, 1.807) is 13.8 Å². The molecule has 0 radical (unpaired) electrons. The van der Waals surface area contributed by atoms with Gasteiger partial charge >= 0.3 is 12.1 Å². The average Bonchev–Trinajstić information content (AvgIpc) is 3.29. The lowest BCUT2D eigenvalue weighted by molar-refractivity contribution is -0.143. The van der Waals surface area contributed by atoms with Crippen molar-refractivity contribution in [2.75, 3.05) is 13.2 Å². The first-order chi connectivity index (χ1) is 16.2. The zero-order chi connectivity index (χ0) is 24.5. The van der Waals surface area contributed by atoms with Gasteiger partial charge in [0, 0.05) is 24.4 Å². The normalized spacial score (nSPS) is 19.1. The Morgan fingerprint density at radius 2 is 1.65 bits per heavy atom. The number of ether oxygens (including phenoxy) is 1. The topological polar surface area (TPSA) is 134 Å². The quantitative estimate of drug-likeness (QED) is 0.494. The van der Waals surface area contributed by atoms with E-state index in [1.807, 2.05) is 36.4 Å². The molecule has 4 N–H and O–H groups in total. The van der Waals surface area contributed by atoms with Crippen LogP contribution in [0.2, 0.25) is 0 Å². The number of amides is 3. The number of carbonyl (C=O) groups is 4. The summed E-state index contributed by atoms with van der Waals surface area (Å²) in [5.74, 6) is -3.37. The molecule has 0 bridgehead atoms. The summed E-state index contributed by atoms with van der Waals surface area (Å²) in [6, 6.07) is 14.9. The predicted molar refractivity (Wildman–Crippen MR) is 123 cm³/mol. The molecular weight excluding hydrogens is 438 g/mol. The second kappa shape index (κ2) is 9.17. The van der Waals surface area contributed by atoms with Gasteiger partial charge in [-0.15, -0.1) is 0 Å². The summed E-state index contributed by atoms with van der Waals surface area (Å²) in [6.45, 7) is 3.40. The molecule has 2 aromatic carbocycles. The molecule has 1 aliphatic carbocycles. The Kier molecular flexibility index (Phi) is 6.28. The van der Waals surface area contributed by atoms with Gasteiger partial charge in [-0.3, -0.25) is 14.4 Å². The molecule has 3 amide bonds. The predicted octanol–water partition coefficient (Wildman–Crippen LogP) is 2.01. The molecule has 2 aliphatic rings. The van der Waals surface area contributed by atoms with Gasteiger partial charge < -0.3 is 25.8 Å². The zero-order valence-electron chi connectivity index (χ0n) is 19.0. The third kappa shape index (κ3) is 4.73. The number of benzene rings is 2. The van der Waals surface area contributed by atoms with Crippen LogP contribution in [-0.4, -0.2) is 53.7 Å². The van der Waals surface area contributed by atoms with Crippen molar-refractivity contribution >= 4 is 23.9 Å². The summed E-state index contributed by atoms with van der Waals surface area (Å²) in [6.07, 6.45) is -0.825. The lowest BCUT2D eigenvalue weighted by atomic mass is 9.98. The van der Waals surface area contributed by atoms with Gasteiger partial charge in [0.2, 0.25) is 11.8 Å². The van der Waals surface area contributed by atoms with Crippen LogP contribution in [0.5, 0.6) is 0 Å². The highest BCUT2D eigenvalue weighted by atomic mass is 16.5. The number of carboxylic acids is 1. The summed E-state index contributed by atoms with van der Waals surface area (Å²) < 4.78 is 5.53. The molecule has 2 aromatic rings. The van der Waals surface area contributed by atoms with E-state index in [0.29, 0.717) is 0 Å².